The Morgan fingerprint density at radius 1 is 1.06 bits per heavy atom. The van der Waals surface area contributed by atoms with Gasteiger partial charge in [-0.25, -0.2) is 9.59 Å². The van der Waals surface area contributed by atoms with Gasteiger partial charge in [0.2, 0.25) is 0 Å². The van der Waals surface area contributed by atoms with Crippen molar-refractivity contribution in [1.29, 1.82) is 0 Å². The molecular formula is C22H22N2O6S. The quantitative estimate of drug-likeness (QED) is 0.672. The van der Waals surface area contributed by atoms with E-state index < -0.39 is 11.9 Å². The van der Waals surface area contributed by atoms with Gasteiger partial charge in [-0.05, 0) is 41.1 Å². The van der Waals surface area contributed by atoms with Crippen molar-refractivity contribution >= 4 is 34.9 Å². The summed E-state index contributed by atoms with van der Waals surface area (Å²) in [5.74, 6) is -1.28. The summed E-state index contributed by atoms with van der Waals surface area (Å²) in [5.41, 5.74) is 3.01. The van der Waals surface area contributed by atoms with Gasteiger partial charge >= 0.3 is 11.9 Å². The van der Waals surface area contributed by atoms with Crippen LogP contribution in [0.2, 0.25) is 0 Å². The second-order valence-corrected chi connectivity index (χ2v) is 8.07. The molecule has 1 aromatic carbocycles. The number of thiophene rings is 1. The fourth-order valence-electron chi connectivity index (χ4n) is 3.79. The third kappa shape index (κ3) is 4.06. The minimum Gasteiger partial charge on any atom is -0.466 e. The number of ether oxygens (including phenoxy) is 3. The summed E-state index contributed by atoms with van der Waals surface area (Å²) in [4.78, 5) is 41.6. The first kappa shape index (κ1) is 21.1. The topological polar surface area (TPSA) is 85.4 Å². The molecule has 0 radical (unpaired) electrons. The maximum absolute atomic E-state index is 12.8. The second-order valence-electron chi connectivity index (χ2n) is 7.12. The van der Waals surface area contributed by atoms with E-state index in [9.17, 15) is 14.4 Å². The second kappa shape index (κ2) is 8.91. The lowest BCUT2D eigenvalue weighted by atomic mass is 9.98. The monoisotopic (exact) mass is 442 g/mol. The number of esters is 2. The molecule has 2 aromatic rings. The number of hydrogen-bond acceptors (Lipinski definition) is 8. The van der Waals surface area contributed by atoms with Crippen molar-refractivity contribution in [3.8, 4) is 0 Å². The lowest BCUT2D eigenvalue weighted by Gasteiger charge is -2.33. The molecule has 0 fully saturated rings. The van der Waals surface area contributed by atoms with Crippen molar-refractivity contribution in [2.45, 2.75) is 13.0 Å². The summed E-state index contributed by atoms with van der Waals surface area (Å²) in [7, 11) is 2.51. The molecule has 0 saturated carbocycles. The number of nitrogens with zero attached hydrogens (tertiary/aromatic N) is 2. The number of methoxy groups -OCH3 is 2. The van der Waals surface area contributed by atoms with Gasteiger partial charge in [0.1, 0.15) is 12.4 Å². The number of rotatable bonds is 4. The highest BCUT2D eigenvalue weighted by molar-refractivity contribution is 7.12. The normalized spacial score (nSPS) is 16.1. The van der Waals surface area contributed by atoms with Gasteiger partial charge in [-0.15, -0.1) is 11.3 Å². The molecule has 0 N–H and O–H groups in total. The fraction of sp³-hybridized carbons (Fsp3) is 0.318. The van der Waals surface area contributed by atoms with Crippen LogP contribution >= 0.6 is 11.3 Å². The lowest BCUT2D eigenvalue weighted by Crippen LogP contribution is -2.39. The predicted molar refractivity (Wildman–Crippen MR) is 114 cm³/mol. The van der Waals surface area contributed by atoms with Crippen LogP contribution in [0.15, 0.2) is 47.0 Å². The zero-order valence-electron chi connectivity index (χ0n) is 17.3. The standard InChI is InChI=1S/C22H22N2O6S/c1-28-21(26)17-12-30-13-24(19(17)22(27)29-2)16-6-5-14-7-8-23(11-15(14)10-16)20(25)18-4-3-9-31-18/h3-6,9-10H,7-8,11-13H2,1-2H3. The molecule has 0 aliphatic carbocycles. The highest BCUT2D eigenvalue weighted by Crippen LogP contribution is 2.31. The molecule has 0 atom stereocenters. The molecule has 0 unspecified atom stereocenters. The highest BCUT2D eigenvalue weighted by atomic mass is 32.1. The van der Waals surface area contributed by atoms with Crippen molar-refractivity contribution < 1.29 is 28.6 Å². The zero-order chi connectivity index (χ0) is 22.0. The molecule has 0 bridgehead atoms. The van der Waals surface area contributed by atoms with E-state index in [-0.39, 0.29) is 30.5 Å². The molecule has 0 saturated heterocycles. The summed E-state index contributed by atoms with van der Waals surface area (Å²) >= 11 is 1.43. The van der Waals surface area contributed by atoms with E-state index in [4.69, 9.17) is 14.2 Å². The molecule has 2 aliphatic rings. The Hall–Kier alpha value is -3.17. The van der Waals surface area contributed by atoms with E-state index in [1.54, 1.807) is 4.90 Å². The molecular weight excluding hydrogens is 420 g/mol. The van der Waals surface area contributed by atoms with Crippen molar-refractivity contribution in [3.63, 3.8) is 0 Å². The number of benzene rings is 1. The van der Waals surface area contributed by atoms with Gasteiger partial charge in [0, 0.05) is 18.8 Å². The summed E-state index contributed by atoms with van der Waals surface area (Å²) in [6, 6.07) is 9.48. The minimum atomic E-state index is -0.643. The van der Waals surface area contributed by atoms with E-state index in [1.165, 1.54) is 25.6 Å². The largest absolute Gasteiger partial charge is 0.466 e. The van der Waals surface area contributed by atoms with Gasteiger partial charge in [-0.3, -0.25) is 4.79 Å². The Morgan fingerprint density at radius 3 is 2.58 bits per heavy atom. The lowest BCUT2D eigenvalue weighted by molar-refractivity contribution is -0.140. The number of carbonyl (C=O) groups excluding carboxylic acids is 3. The Morgan fingerprint density at radius 2 is 1.87 bits per heavy atom. The van der Waals surface area contributed by atoms with Gasteiger partial charge in [0.25, 0.3) is 5.91 Å². The Bertz CT molecular complexity index is 1050. The number of carbonyl (C=O) groups is 3. The van der Waals surface area contributed by atoms with Crippen LogP contribution in [-0.2, 0) is 36.8 Å². The van der Waals surface area contributed by atoms with Crippen LogP contribution in [0, 0.1) is 0 Å². The Kier molecular flexibility index (Phi) is 6.06. The summed E-state index contributed by atoms with van der Waals surface area (Å²) in [5, 5.41) is 1.89. The smallest absolute Gasteiger partial charge is 0.355 e. The average Bonchev–Trinajstić information content (AvgIpc) is 3.36. The molecule has 1 aromatic heterocycles. The van der Waals surface area contributed by atoms with E-state index >= 15 is 0 Å². The Balaban J connectivity index is 1.66. The highest BCUT2D eigenvalue weighted by Gasteiger charge is 2.33. The first-order valence-corrected chi connectivity index (χ1v) is 10.6. The molecule has 0 spiro atoms. The van der Waals surface area contributed by atoms with Gasteiger partial charge in [-0.1, -0.05) is 12.1 Å². The summed E-state index contributed by atoms with van der Waals surface area (Å²) in [6.07, 6.45) is 0.746. The first-order chi connectivity index (χ1) is 15.0. The van der Waals surface area contributed by atoms with Gasteiger partial charge in [0.15, 0.2) is 0 Å². The van der Waals surface area contributed by atoms with E-state index in [2.05, 4.69) is 0 Å². The third-order valence-electron chi connectivity index (χ3n) is 5.37. The summed E-state index contributed by atoms with van der Waals surface area (Å²) in [6.45, 7) is 1.16. The number of fused-ring (bicyclic) bond motifs is 1. The molecule has 31 heavy (non-hydrogen) atoms. The predicted octanol–water partition coefficient (Wildman–Crippen LogP) is 2.34. The van der Waals surface area contributed by atoms with E-state index in [0.717, 1.165) is 17.5 Å². The van der Waals surface area contributed by atoms with Crippen LogP contribution < -0.4 is 4.90 Å². The average molecular weight is 442 g/mol. The Labute approximate surface area is 183 Å². The van der Waals surface area contributed by atoms with Crippen LogP contribution in [0.5, 0.6) is 0 Å². The van der Waals surface area contributed by atoms with E-state index in [1.807, 2.05) is 40.6 Å². The minimum absolute atomic E-state index is 0.00971. The maximum atomic E-state index is 12.8. The molecule has 162 valence electrons. The van der Waals surface area contributed by atoms with Crippen molar-refractivity contribution in [3.05, 3.63) is 63.0 Å². The number of hydrogen-bond donors (Lipinski definition) is 0. The molecule has 3 heterocycles. The van der Waals surface area contributed by atoms with Crippen LogP contribution in [-0.4, -0.2) is 56.8 Å². The number of amides is 1. The SMILES string of the molecule is COC(=O)C1=C(C(=O)OC)N(c2ccc3c(c2)CN(C(=O)c2cccs2)CC3)COC1. The maximum Gasteiger partial charge on any atom is 0.355 e. The zero-order valence-corrected chi connectivity index (χ0v) is 18.1. The van der Waals surface area contributed by atoms with Gasteiger partial charge in [0.05, 0.1) is 31.3 Å². The van der Waals surface area contributed by atoms with E-state index in [0.29, 0.717) is 23.7 Å². The van der Waals surface area contributed by atoms with Gasteiger partial charge in [-0.2, -0.15) is 0 Å². The molecule has 2 aliphatic heterocycles. The van der Waals surface area contributed by atoms with Crippen molar-refractivity contribution in [2.24, 2.45) is 0 Å². The first-order valence-electron chi connectivity index (χ1n) is 9.73. The molecule has 8 nitrogen and oxygen atoms in total. The van der Waals surface area contributed by atoms with Crippen LogP contribution in [0.3, 0.4) is 0 Å². The number of anilines is 1. The van der Waals surface area contributed by atoms with Gasteiger partial charge < -0.3 is 24.0 Å². The van der Waals surface area contributed by atoms with Crippen molar-refractivity contribution in [1.82, 2.24) is 4.90 Å². The summed E-state index contributed by atoms with van der Waals surface area (Å²) < 4.78 is 15.3. The molecule has 9 heteroatoms. The third-order valence-corrected chi connectivity index (χ3v) is 6.22. The van der Waals surface area contributed by atoms with Crippen LogP contribution in [0.4, 0.5) is 5.69 Å². The fourth-order valence-corrected chi connectivity index (χ4v) is 4.48. The molecule has 1 amide bonds. The molecule has 4 rings (SSSR count). The van der Waals surface area contributed by atoms with Crippen molar-refractivity contribution in [2.75, 3.05) is 39.0 Å². The van der Waals surface area contributed by atoms with Crippen LogP contribution in [0.25, 0.3) is 0 Å². The van der Waals surface area contributed by atoms with Crippen LogP contribution in [0.1, 0.15) is 20.8 Å².